The number of anilines is 2. The van der Waals surface area contributed by atoms with Crippen molar-refractivity contribution in [3.8, 4) is 11.1 Å². The van der Waals surface area contributed by atoms with Gasteiger partial charge in [-0.15, -0.1) is 0 Å². The van der Waals surface area contributed by atoms with Gasteiger partial charge in [-0.2, -0.15) is 0 Å². The summed E-state index contributed by atoms with van der Waals surface area (Å²) in [7, 11) is 0. The third kappa shape index (κ3) is 4.34. The number of hydrogen-bond acceptors (Lipinski definition) is 3. The molecule has 0 bridgehead atoms. The second-order valence-corrected chi connectivity index (χ2v) is 9.67. The van der Waals surface area contributed by atoms with E-state index in [9.17, 15) is 14.4 Å². The zero-order valence-electron chi connectivity index (χ0n) is 20.8. The third-order valence-corrected chi connectivity index (χ3v) is 7.35. The smallest absolute Gasteiger partial charge is 0.258 e. The van der Waals surface area contributed by atoms with Gasteiger partial charge >= 0.3 is 0 Å². The maximum absolute atomic E-state index is 13.7. The molecule has 0 saturated carbocycles. The van der Waals surface area contributed by atoms with Gasteiger partial charge in [-0.1, -0.05) is 60.7 Å². The van der Waals surface area contributed by atoms with Crippen molar-refractivity contribution in [2.75, 3.05) is 23.3 Å². The van der Waals surface area contributed by atoms with Crippen molar-refractivity contribution in [3.05, 3.63) is 120 Å². The predicted molar refractivity (Wildman–Crippen MR) is 148 cm³/mol. The van der Waals surface area contributed by atoms with Crippen LogP contribution < -0.4 is 10.2 Å². The molecule has 4 aromatic carbocycles. The molecule has 2 aliphatic heterocycles. The van der Waals surface area contributed by atoms with E-state index in [0.29, 0.717) is 34.6 Å². The van der Waals surface area contributed by atoms with Gasteiger partial charge in [0.05, 0.1) is 17.3 Å². The van der Waals surface area contributed by atoms with Crippen LogP contribution in [0.4, 0.5) is 11.4 Å². The number of amides is 3. The van der Waals surface area contributed by atoms with Crippen LogP contribution in [-0.4, -0.2) is 41.8 Å². The summed E-state index contributed by atoms with van der Waals surface area (Å²) in [4.78, 5) is 43.6. The minimum atomic E-state index is -0.218. The molecule has 4 aromatic rings. The lowest BCUT2D eigenvalue weighted by atomic mass is 9.99. The molecular formula is C32H27N3O3. The lowest BCUT2D eigenvalue weighted by Gasteiger charge is -2.26. The maximum Gasteiger partial charge on any atom is 0.258 e. The van der Waals surface area contributed by atoms with Gasteiger partial charge in [-0.05, 0) is 66.4 Å². The summed E-state index contributed by atoms with van der Waals surface area (Å²) < 4.78 is 0. The van der Waals surface area contributed by atoms with E-state index in [0.717, 1.165) is 30.5 Å². The Bertz CT molecular complexity index is 1510. The van der Waals surface area contributed by atoms with E-state index in [-0.39, 0.29) is 23.8 Å². The van der Waals surface area contributed by atoms with Gasteiger partial charge in [-0.25, -0.2) is 0 Å². The number of carbonyl (C=O) groups is 3. The molecule has 0 radical (unpaired) electrons. The molecule has 2 heterocycles. The molecule has 0 aromatic heterocycles. The summed E-state index contributed by atoms with van der Waals surface area (Å²) >= 11 is 0. The van der Waals surface area contributed by atoms with E-state index >= 15 is 0 Å². The molecule has 1 saturated heterocycles. The van der Waals surface area contributed by atoms with Crippen LogP contribution in [0.2, 0.25) is 0 Å². The zero-order chi connectivity index (χ0) is 26.1. The molecule has 6 nitrogen and oxygen atoms in total. The molecule has 1 atom stereocenters. The van der Waals surface area contributed by atoms with E-state index in [1.807, 2.05) is 71.6 Å². The molecule has 1 fully saturated rings. The standard InChI is InChI=1S/C32H27N3O3/c36-30(27-13-5-4-12-26(27)22-9-2-1-3-10-22)33-24-18-16-23(17-19-24)31(37)35-21-25-11-8-20-34(25)32(38)28-14-6-7-15-29(28)35/h1-7,9-10,12-19,25H,8,11,20-21H2,(H,33,36). The fourth-order valence-corrected chi connectivity index (χ4v) is 5.44. The van der Waals surface area contributed by atoms with Crippen molar-refractivity contribution >= 4 is 29.1 Å². The molecule has 2 aliphatic rings. The maximum atomic E-state index is 13.7. The number of rotatable bonds is 4. The molecule has 0 spiro atoms. The Hall–Kier alpha value is -4.71. The normalized spacial score (nSPS) is 16.4. The van der Waals surface area contributed by atoms with Gasteiger partial charge in [0, 0.05) is 29.9 Å². The molecule has 38 heavy (non-hydrogen) atoms. The highest BCUT2D eigenvalue weighted by molar-refractivity contribution is 6.12. The van der Waals surface area contributed by atoms with Crippen LogP contribution >= 0.6 is 0 Å². The Morgan fingerprint density at radius 3 is 2.24 bits per heavy atom. The Balaban J connectivity index is 1.23. The van der Waals surface area contributed by atoms with Gasteiger partial charge in [0.2, 0.25) is 0 Å². The number of benzene rings is 4. The second-order valence-electron chi connectivity index (χ2n) is 9.67. The van der Waals surface area contributed by atoms with Crippen molar-refractivity contribution in [1.82, 2.24) is 4.90 Å². The fourth-order valence-electron chi connectivity index (χ4n) is 5.44. The Morgan fingerprint density at radius 1 is 0.763 bits per heavy atom. The van der Waals surface area contributed by atoms with Crippen LogP contribution in [0.3, 0.4) is 0 Å². The van der Waals surface area contributed by atoms with Gasteiger partial charge in [0.25, 0.3) is 17.7 Å². The average Bonchev–Trinajstić information content (AvgIpc) is 3.40. The first-order valence-electron chi connectivity index (χ1n) is 12.9. The highest BCUT2D eigenvalue weighted by Gasteiger charge is 2.38. The summed E-state index contributed by atoms with van der Waals surface area (Å²) in [5, 5.41) is 2.96. The topological polar surface area (TPSA) is 69.7 Å². The second kappa shape index (κ2) is 9.98. The fraction of sp³-hybridized carbons (Fsp3) is 0.156. The van der Waals surface area contributed by atoms with Crippen molar-refractivity contribution in [2.24, 2.45) is 0 Å². The van der Waals surface area contributed by atoms with Crippen LogP contribution in [-0.2, 0) is 0 Å². The monoisotopic (exact) mass is 501 g/mol. The third-order valence-electron chi connectivity index (χ3n) is 7.35. The summed E-state index contributed by atoms with van der Waals surface area (Å²) in [5.74, 6) is -0.386. The first-order chi connectivity index (χ1) is 18.6. The van der Waals surface area contributed by atoms with Crippen molar-refractivity contribution in [2.45, 2.75) is 18.9 Å². The van der Waals surface area contributed by atoms with Gasteiger partial charge < -0.3 is 15.1 Å². The van der Waals surface area contributed by atoms with Crippen LogP contribution in [0.5, 0.6) is 0 Å². The summed E-state index contributed by atoms with van der Waals surface area (Å²) in [6.45, 7) is 1.19. The molecule has 188 valence electrons. The summed E-state index contributed by atoms with van der Waals surface area (Å²) in [6.07, 6.45) is 1.83. The minimum Gasteiger partial charge on any atom is -0.334 e. The zero-order valence-corrected chi connectivity index (χ0v) is 20.8. The van der Waals surface area contributed by atoms with Crippen LogP contribution in [0, 0.1) is 0 Å². The molecule has 1 unspecified atom stereocenters. The van der Waals surface area contributed by atoms with E-state index in [1.54, 1.807) is 41.3 Å². The van der Waals surface area contributed by atoms with Crippen LogP contribution in [0.15, 0.2) is 103 Å². The lowest BCUT2D eigenvalue weighted by Crippen LogP contribution is -2.42. The highest BCUT2D eigenvalue weighted by Crippen LogP contribution is 2.32. The van der Waals surface area contributed by atoms with E-state index in [2.05, 4.69) is 5.32 Å². The number of fused-ring (bicyclic) bond motifs is 2. The number of nitrogens with one attached hydrogen (secondary N) is 1. The van der Waals surface area contributed by atoms with E-state index in [1.165, 1.54) is 0 Å². The van der Waals surface area contributed by atoms with Gasteiger partial charge in [0.1, 0.15) is 0 Å². The Morgan fingerprint density at radius 2 is 1.45 bits per heavy atom. The van der Waals surface area contributed by atoms with Crippen LogP contribution in [0.1, 0.15) is 43.9 Å². The quantitative estimate of drug-likeness (QED) is 0.380. The first-order valence-corrected chi connectivity index (χ1v) is 12.9. The number of carbonyl (C=O) groups excluding carboxylic acids is 3. The van der Waals surface area contributed by atoms with Crippen LogP contribution in [0.25, 0.3) is 11.1 Å². The van der Waals surface area contributed by atoms with Gasteiger partial charge in [-0.3, -0.25) is 14.4 Å². The minimum absolute atomic E-state index is 0.00718. The van der Waals surface area contributed by atoms with Crippen molar-refractivity contribution in [1.29, 1.82) is 0 Å². The van der Waals surface area contributed by atoms with E-state index < -0.39 is 0 Å². The highest BCUT2D eigenvalue weighted by atomic mass is 16.2. The summed E-state index contributed by atoms with van der Waals surface area (Å²) in [5.41, 5.74) is 4.71. The molecule has 1 N–H and O–H groups in total. The largest absolute Gasteiger partial charge is 0.334 e. The number of hydrogen-bond donors (Lipinski definition) is 1. The summed E-state index contributed by atoms with van der Waals surface area (Å²) in [6, 6.07) is 31.6. The molecule has 0 aliphatic carbocycles. The van der Waals surface area contributed by atoms with E-state index in [4.69, 9.17) is 0 Å². The van der Waals surface area contributed by atoms with Gasteiger partial charge in [0.15, 0.2) is 0 Å². The SMILES string of the molecule is O=C(Nc1ccc(C(=O)N2CC3CCCN3C(=O)c3ccccc32)cc1)c1ccccc1-c1ccccc1. The molecule has 6 rings (SSSR count). The number of para-hydroxylation sites is 1. The molecule has 3 amide bonds. The Labute approximate surface area is 221 Å². The first kappa shape index (κ1) is 23.7. The van der Waals surface area contributed by atoms with Crippen molar-refractivity contribution in [3.63, 3.8) is 0 Å². The molecule has 6 heteroatoms. The number of nitrogens with zero attached hydrogens (tertiary/aromatic N) is 2. The lowest BCUT2D eigenvalue weighted by molar-refractivity contribution is 0.0744. The predicted octanol–water partition coefficient (Wildman–Crippen LogP) is 5.87. The Kier molecular flexibility index (Phi) is 6.22. The van der Waals surface area contributed by atoms with Crippen molar-refractivity contribution < 1.29 is 14.4 Å². The average molecular weight is 502 g/mol. The molecular weight excluding hydrogens is 474 g/mol.